The molecule has 1 fully saturated rings. The fourth-order valence-electron chi connectivity index (χ4n) is 3.26. The Hall–Kier alpha value is -1.56. The van der Waals surface area contributed by atoms with Gasteiger partial charge in [0.05, 0.1) is 11.9 Å². The molecular formula is C18H28N2O3S. The van der Waals surface area contributed by atoms with Gasteiger partial charge in [0.2, 0.25) is 15.9 Å². The molecule has 1 atom stereocenters. The second-order valence-corrected chi connectivity index (χ2v) is 8.72. The molecule has 0 bridgehead atoms. The van der Waals surface area contributed by atoms with Gasteiger partial charge in [-0.1, -0.05) is 25.1 Å². The van der Waals surface area contributed by atoms with Crippen LogP contribution in [0.5, 0.6) is 0 Å². The molecule has 6 heteroatoms. The number of rotatable bonds is 6. The molecule has 0 radical (unpaired) electrons. The Labute approximate surface area is 145 Å². The molecule has 5 nitrogen and oxygen atoms in total. The molecule has 24 heavy (non-hydrogen) atoms. The highest BCUT2D eigenvalue weighted by atomic mass is 32.2. The van der Waals surface area contributed by atoms with Crippen LogP contribution >= 0.6 is 0 Å². The van der Waals surface area contributed by atoms with Gasteiger partial charge in [-0.3, -0.25) is 9.10 Å². The number of anilines is 1. The summed E-state index contributed by atoms with van der Waals surface area (Å²) in [5.41, 5.74) is 1.61. The van der Waals surface area contributed by atoms with E-state index in [1.54, 1.807) is 0 Å². The second-order valence-electron chi connectivity index (χ2n) is 6.81. The summed E-state index contributed by atoms with van der Waals surface area (Å²) < 4.78 is 25.7. The first-order chi connectivity index (χ1) is 11.3. The summed E-state index contributed by atoms with van der Waals surface area (Å²) in [6.07, 6.45) is 4.38. The summed E-state index contributed by atoms with van der Waals surface area (Å²) in [5.74, 6) is 0.696. The monoisotopic (exact) mass is 352 g/mol. The number of carbonyl (C=O) groups is 1. The summed E-state index contributed by atoms with van der Waals surface area (Å²) in [6.45, 7) is 6.05. The first-order valence-electron chi connectivity index (χ1n) is 8.60. The van der Waals surface area contributed by atoms with E-state index in [9.17, 15) is 13.2 Å². The highest BCUT2D eigenvalue weighted by Gasteiger charge is 2.22. The van der Waals surface area contributed by atoms with E-state index >= 15 is 0 Å². The molecule has 0 aliphatic carbocycles. The summed E-state index contributed by atoms with van der Waals surface area (Å²) in [5, 5.41) is 0. The number of para-hydroxylation sites is 1. The minimum Gasteiger partial charge on any atom is -0.342 e. The van der Waals surface area contributed by atoms with Gasteiger partial charge < -0.3 is 4.90 Å². The quantitative estimate of drug-likeness (QED) is 0.791. The average Bonchev–Trinajstić information content (AvgIpc) is 2.51. The van der Waals surface area contributed by atoms with Crippen LogP contribution in [0, 0.1) is 12.8 Å². The third-order valence-corrected chi connectivity index (χ3v) is 5.73. The van der Waals surface area contributed by atoms with Gasteiger partial charge in [-0.25, -0.2) is 8.42 Å². The van der Waals surface area contributed by atoms with Crippen LogP contribution in [0.1, 0.15) is 38.2 Å². The number of amides is 1. The van der Waals surface area contributed by atoms with Gasteiger partial charge in [-0.05, 0) is 43.7 Å². The lowest BCUT2D eigenvalue weighted by Gasteiger charge is -2.31. The maximum atomic E-state index is 12.3. The molecule has 0 spiro atoms. The van der Waals surface area contributed by atoms with Gasteiger partial charge in [0, 0.05) is 26.1 Å². The van der Waals surface area contributed by atoms with E-state index in [0.29, 0.717) is 31.0 Å². The number of carbonyl (C=O) groups excluding carboxylic acids is 1. The van der Waals surface area contributed by atoms with Crippen LogP contribution in [0.2, 0.25) is 0 Å². The lowest BCUT2D eigenvalue weighted by Crippen LogP contribution is -2.39. The molecule has 1 aliphatic rings. The number of likely N-dealkylation sites (tertiary alicyclic amines) is 1. The van der Waals surface area contributed by atoms with E-state index < -0.39 is 10.0 Å². The Morgan fingerprint density at radius 1 is 1.33 bits per heavy atom. The molecular weight excluding hydrogens is 324 g/mol. The number of nitrogens with zero attached hydrogens (tertiary/aromatic N) is 2. The molecule has 1 amide bonds. The van der Waals surface area contributed by atoms with Crippen LogP contribution in [0.4, 0.5) is 5.69 Å². The van der Waals surface area contributed by atoms with Crippen molar-refractivity contribution in [2.75, 3.05) is 30.2 Å². The zero-order chi connectivity index (χ0) is 17.7. The SMILES string of the molecule is Cc1ccccc1N(CCCC(=O)N1CCC[C@@H](C)C1)S(C)(=O)=O. The molecule has 1 heterocycles. The smallest absolute Gasteiger partial charge is 0.232 e. The van der Waals surface area contributed by atoms with Crippen molar-refractivity contribution in [3.8, 4) is 0 Å². The minimum atomic E-state index is -3.36. The minimum absolute atomic E-state index is 0.139. The zero-order valence-electron chi connectivity index (χ0n) is 14.9. The van der Waals surface area contributed by atoms with E-state index in [1.165, 1.54) is 17.0 Å². The number of aryl methyl sites for hydroxylation is 1. The van der Waals surface area contributed by atoms with Crippen LogP contribution in [-0.4, -0.2) is 45.1 Å². The molecule has 1 aliphatic heterocycles. The van der Waals surface area contributed by atoms with Crippen molar-refractivity contribution in [2.45, 2.75) is 39.5 Å². The lowest BCUT2D eigenvalue weighted by molar-refractivity contribution is -0.132. The predicted molar refractivity (Wildman–Crippen MR) is 97.6 cm³/mol. The van der Waals surface area contributed by atoms with Gasteiger partial charge in [0.25, 0.3) is 0 Å². The van der Waals surface area contributed by atoms with Crippen molar-refractivity contribution < 1.29 is 13.2 Å². The van der Waals surface area contributed by atoms with Crippen LogP contribution in [-0.2, 0) is 14.8 Å². The Morgan fingerprint density at radius 3 is 2.67 bits per heavy atom. The number of hydrogen-bond acceptors (Lipinski definition) is 3. The average molecular weight is 353 g/mol. The predicted octanol–water partition coefficient (Wildman–Crippen LogP) is 2.80. The molecule has 0 unspecified atom stereocenters. The Kier molecular flexibility index (Phi) is 6.27. The number of piperidine rings is 1. The van der Waals surface area contributed by atoms with Crippen molar-refractivity contribution in [1.29, 1.82) is 0 Å². The Balaban J connectivity index is 1.97. The molecule has 1 aromatic rings. The number of sulfonamides is 1. The van der Waals surface area contributed by atoms with Crippen LogP contribution in [0.15, 0.2) is 24.3 Å². The van der Waals surface area contributed by atoms with E-state index in [2.05, 4.69) is 6.92 Å². The van der Waals surface area contributed by atoms with Crippen molar-refractivity contribution in [2.24, 2.45) is 5.92 Å². The van der Waals surface area contributed by atoms with Crippen LogP contribution < -0.4 is 4.31 Å². The first-order valence-corrected chi connectivity index (χ1v) is 10.4. The molecule has 0 saturated carbocycles. The van der Waals surface area contributed by atoms with Gasteiger partial charge in [-0.2, -0.15) is 0 Å². The summed E-state index contributed by atoms with van der Waals surface area (Å²) in [4.78, 5) is 14.3. The molecule has 134 valence electrons. The van der Waals surface area contributed by atoms with E-state index in [1.807, 2.05) is 36.1 Å². The van der Waals surface area contributed by atoms with Crippen molar-refractivity contribution in [3.05, 3.63) is 29.8 Å². The van der Waals surface area contributed by atoms with Crippen LogP contribution in [0.3, 0.4) is 0 Å². The van der Waals surface area contributed by atoms with E-state index in [-0.39, 0.29) is 5.91 Å². The fraction of sp³-hybridized carbons (Fsp3) is 0.611. The highest BCUT2D eigenvalue weighted by molar-refractivity contribution is 7.92. The third-order valence-electron chi connectivity index (χ3n) is 4.55. The molecule has 1 aromatic carbocycles. The molecule has 0 N–H and O–H groups in total. The van der Waals surface area contributed by atoms with E-state index in [0.717, 1.165) is 25.1 Å². The van der Waals surface area contributed by atoms with Crippen molar-refractivity contribution >= 4 is 21.6 Å². The summed E-state index contributed by atoms with van der Waals surface area (Å²) >= 11 is 0. The standard InChI is InChI=1S/C18H28N2O3S/c1-15-8-6-12-19(14-15)18(21)11-7-13-20(24(3,22)23)17-10-5-4-9-16(17)2/h4-5,9-10,15H,6-8,11-14H2,1-3H3/t15-/m1/s1. The lowest BCUT2D eigenvalue weighted by atomic mass is 10.00. The second kappa shape index (κ2) is 8.01. The van der Waals surface area contributed by atoms with Gasteiger partial charge in [0.1, 0.15) is 0 Å². The first kappa shape index (κ1) is 18.8. The van der Waals surface area contributed by atoms with Gasteiger partial charge in [-0.15, -0.1) is 0 Å². The van der Waals surface area contributed by atoms with Crippen molar-refractivity contribution in [3.63, 3.8) is 0 Å². The Bertz CT molecular complexity index is 673. The van der Waals surface area contributed by atoms with Crippen molar-refractivity contribution in [1.82, 2.24) is 4.90 Å². The summed E-state index contributed by atoms with van der Waals surface area (Å²) in [6, 6.07) is 7.43. The number of benzene rings is 1. The molecule has 0 aromatic heterocycles. The molecule has 2 rings (SSSR count). The van der Waals surface area contributed by atoms with Gasteiger partial charge >= 0.3 is 0 Å². The van der Waals surface area contributed by atoms with E-state index in [4.69, 9.17) is 0 Å². The molecule has 1 saturated heterocycles. The highest BCUT2D eigenvalue weighted by Crippen LogP contribution is 2.23. The maximum absolute atomic E-state index is 12.3. The zero-order valence-corrected chi connectivity index (χ0v) is 15.7. The third kappa shape index (κ3) is 4.97. The summed E-state index contributed by atoms with van der Waals surface area (Å²) in [7, 11) is -3.36. The number of hydrogen-bond donors (Lipinski definition) is 0. The largest absolute Gasteiger partial charge is 0.342 e. The van der Waals surface area contributed by atoms with Crippen LogP contribution in [0.25, 0.3) is 0 Å². The topological polar surface area (TPSA) is 57.7 Å². The normalized spacial score (nSPS) is 18.5. The van der Waals surface area contributed by atoms with Gasteiger partial charge in [0.15, 0.2) is 0 Å². The maximum Gasteiger partial charge on any atom is 0.232 e. The fourth-order valence-corrected chi connectivity index (χ4v) is 4.28. The Morgan fingerprint density at radius 2 is 2.04 bits per heavy atom.